The molecule has 0 bridgehead atoms. The summed E-state index contributed by atoms with van der Waals surface area (Å²) >= 11 is 8.01. The second-order valence-corrected chi connectivity index (χ2v) is 10.4. The van der Waals surface area contributed by atoms with E-state index in [4.69, 9.17) is 16.0 Å². The number of oxazole rings is 1. The Morgan fingerprint density at radius 3 is 2.84 bits per heavy atom. The zero-order chi connectivity index (χ0) is 20.9. The summed E-state index contributed by atoms with van der Waals surface area (Å²) in [7, 11) is 1.98. The van der Waals surface area contributed by atoms with Crippen LogP contribution in [0.2, 0.25) is 5.02 Å². The van der Waals surface area contributed by atoms with E-state index in [0.717, 1.165) is 47.0 Å². The Morgan fingerprint density at radius 2 is 2.10 bits per heavy atom. The van der Waals surface area contributed by atoms with E-state index >= 15 is 0 Å². The van der Waals surface area contributed by atoms with Crippen molar-refractivity contribution >= 4 is 35.8 Å². The van der Waals surface area contributed by atoms with Crippen molar-refractivity contribution in [1.29, 1.82) is 0 Å². The van der Waals surface area contributed by atoms with Gasteiger partial charge in [-0.05, 0) is 49.4 Å². The van der Waals surface area contributed by atoms with E-state index in [9.17, 15) is 0 Å². The minimum Gasteiger partial charge on any atom is -0.440 e. The van der Waals surface area contributed by atoms with E-state index < -0.39 is 0 Å². The van der Waals surface area contributed by atoms with Gasteiger partial charge in [-0.1, -0.05) is 42.4 Å². The summed E-state index contributed by atoms with van der Waals surface area (Å²) in [5.41, 5.74) is 2.91. The monoisotopic (exact) mass is 479 g/mol. The van der Waals surface area contributed by atoms with Gasteiger partial charge in [-0.2, -0.15) is 0 Å². The van der Waals surface area contributed by atoms with Gasteiger partial charge in [-0.3, -0.25) is 0 Å². The average Bonchev–Trinajstić information content (AvgIpc) is 3.05. The zero-order valence-corrected chi connectivity index (χ0v) is 20.4. The van der Waals surface area contributed by atoms with Gasteiger partial charge in [0.05, 0.1) is 5.69 Å². The fourth-order valence-electron chi connectivity index (χ4n) is 5.10. The molecule has 3 heterocycles. The number of aromatic nitrogens is 4. The van der Waals surface area contributed by atoms with Crippen LogP contribution in [0.5, 0.6) is 0 Å². The van der Waals surface area contributed by atoms with Gasteiger partial charge >= 0.3 is 0 Å². The van der Waals surface area contributed by atoms with Gasteiger partial charge in [0.2, 0.25) is 5.82 Å². The molecule has 31 heavy (non-hydrogen) atoms. The molecule has 0 radical (unpaired) electrons. The summed E-state index contributed by atoms with van der Waals surface area (Å²) in [6, 6.07) is 8.46. The van der Waals surface area contributed by atoms with Gasteiger partial charge in [-0.15, -0.1) is 22.6 Å². The lowest BCUT2D eigenvalue weighted by molar-refractivity contribution is 0.284. The summed E-state index contributed by atoms with van der Waals surface area (Å²) in [5.74, 6) is 2.43. The number of fused-ring (bicyclic) bond motifs is 1. The zero-order valence-electron chi connectivity index (χ0n) is 18.0. The summed E-state index contributed by atoms with van der Waals surface area (Å²) in [4.78, 5) is 6.76. The maximum Gasteiger partial charge on any atom is 0.202 e. The summed E-state index contributed by atoms with van der Waals surface area (Å²) < 4.78 is 7.44. The van der Waals surface area contributed by atoms with Crippen LogP contribution in [-0.4, -0.2) is 50.0 Å². The Balaban J connectivity index is 0.00000231. The number of hydrogen-bond acceptors (Lipinski definition) is 6. The van der Waals surface area contributed by atoms with Crippen molar-refractivity contribution in [2.45, 2.75) is 37.3 Å². The summed E-state index contributed by atoms with van der Waals surface area (Å²) in [5, 5.41) is 10.4. The lowest BCUT2D eigenvalue weighted by Crippen LogP contribution is -2.28. The van der Waals surface area contributed by atoms with E-state index in [1.165, 1.54) is 24.9 Å². The van der Waals surface area contributed by atoms with Crippen LogP contribution < -0.4 is 0 Å². The number of rotatable bonds is 7. The molecule has 5 rings (SSSR count). The molecule has 9 heteroatoms. The van der Waals surface area contributed by atoms with E-state index in [1.54, 1.807) is 11.8 Å². The number of aryl methyl sites for hydroxylation is 1. The number of thioether (sulfide) groups is 1. The Kier molecular flexibility index (Phi) is 6.16. The quantitative estimate of drug-likeness (QED) is 0.351. The third-order valence-electron chi connectivity index (χ3n) is 6.80. The predicted octanol–water partition coefficient (Wildman–Crippen LogP) is 5.00. The molecule has 0 N–H and O–H groups in total. The van der Waals surface area contributed by atoms with E-state index in [2.05, 4.69) is 45.2 Å². The minimum absolute atomic E-state index is 0. The van der Waals surface area contributed by atoms with Crippen LogP contribution in [-0.2, 0) is 12.5 Å². The van der Waals surface area contributed by atoms with E-state index in [-0.39, 0.29) is 12.4 Å². The van der Waals surface area contributed by atoms with Crippen molar-refractivity contribution < 1.29 is 4.42 Å². The van der Waals surface area contributed by atoms with Crippen molar-refractivity contribution in [3.8, 4) is 11.6 Å². The molecule has 0 spiro atoms. The molecule has 6 nitrogen and oxygen atoms in total. The van der Waals surface area contributed by atoms with Crippen LogP contribution in [0.4, 0.5) is 0 Å². The number of benzene rings is 1. The SMILES string of the molecule is Cc1ncoc1-c1nnc(SCCCN2CC3(C)CC3(c3cccc(Cl)c3)C2)n1C.Cl. The highest BCUT2D eigenvalue weighted by Crippen LogP contribution is 2.68. The van der Waals surface area contributed by atoms with Crippen LogP contribution in [0.15, 0.2) is 40.2 Å². The molecule has 3 aromatic rings. The fourth-order valence-corrected chi connectivity index (χ4v) is 6.12. The maximum absolute atomic E-state index is 6.26. The lowest BCUT2D eigenvalue weighted by Gasteiger charge is -2.21. The van der Waals surface area contributed by atoms with Crippen LogP contribution >= 0.6 is 35.8 Å². The molecule has 166 valence electrons. The molecular formula is C22H27Cl2N5OS. The van der Waals surface area contributed by atoms with Gasteiger partial charge in [-0.25, -0.2) is 4.98 Å². The number of nitrogens with zero attached hydrogens (tertiary/aromatic N) is 5. The molecule has 1 saturated heterocycles. The molecule has 1 aromatic carbocycles. The molecule has 1 aliphatic heterocycles. The van der Waals surface area contributed by atoms with Gasteiger partial charge in [0.1, 0.15) is 0 Å². The lowest BCUT2D eigenvalue weighted by atomic mass is 9.90. The van der Waals surface area contributed by atoms with E-state index in [1.807, 2.05) is 24.6 Å². The third-order valence-corrected chi connectivity index (χ3v) is 8.14. The molecule has 2 unspecified atom stereocenters. The first-order chi connectivity index (χ1) is 14.4. The molecule has 2 fully saturated rings. The second kappa shape index (κ2) is 8.43. The topological polar surface area (TPSA) is 60.0 Å². The average molecular weight is 480 g/mol. The van der Waals surface area contributed by atoms with Crippen molar-refractivity contribution in [1.82, 2.24) is 24.6 Å². The van der Waals surface area contributed by atoms with Gasteiger partial charge in [0.15, 0.2) is 17.3 Å². The molecule has 2 aromatic heterocycles. The first kappa shape index (κ1) is 22.6. The fraction of sp³-hybridized carbons (Fsp3) is 0.500. The Bertz CT molecular complexity index is 1090. The molecule has 0 amide bonds. The highest BCUT2D eigenvalue weighted by molar-refractivity contribution is 7.99. The van der Waals surface area contributed by atoms with Crippen molar-refractivity contribution in [3.05, 3.63) is 46.9 Å². The number of halogens is 2. The van der Waals surface area contributed by atoms with Crippen LogP contribution in [0, 0.1) is 12.3 Å². The molecule has 1 saturated carbocycles. The first-order valence-corrected chi connectivity index (χ1v) is 11.7. The summed E-state index contributed by atoms with van der Waals surface area (Å²) in [6.45, 7) is 7.75. The third kappa shape index (κ3) is 3.90. The van der Waals surface area contributed by atoms with Crippen molar-refractivity contribution in [3.63, 3.8) is 0 Å². The molecule has 2 aliphatic rings. The largest absolute Gasteiger partial charge is 0.440 e. The van der Waals surface area contributed by atoms with Crippen molar-refractivity contribution in [2.24, 2.45) is 12.5 Å². The predicted molar refractivity (Wildman–Crippen MR) is 126 cm³/mol. The highest BCUT2D eigenvalue weighted by Gasteiger charge is 2.69. The molecule has 1 aliphatic carbocycles. The van der Waals surface area contributed by atoms with Gasteiger partial charge in [0.25, 0.3) is 0 Å². The Labute approximate surface area is 198 Å². The highest BCUT2D eigenvalue weighted by atomic mass is 35.5. The first-order valence-electron chi connectivity index (χ1n) is 10.3. The van der Waals surface area contributed by atoms with Crippen LogP contribution in [0.3, 0.4) is 0 Å². The van der Waals surface area contributed by atoms with Gasteiger partial charge in [0, 0.05) is 36.3 Å². The second-order valence-electron chi connectivity index (χ2n) is 8.87. The Hall–Kier alpha value is -1.54. The minimum atomic E-state index is 0. The smallest absolute Gasteiger partial charge is 0.202 e. The van der Waals surface area contributed by atoms with Crippen molar-refractivity contribution in [2.75, 3.05) is 25.4 Å². The number of piperidine rings is 1. The van der Waals surface area contributed by atoms with Gasteiger partial charge < -0.3 is 13.9 Å². The Morgan fingerprint density at radius 1 is 1.26 bits per heavy atom. The maximum atomic E-state index is 6.26. The van der Waals surface area contributed by atoms with Crippen LogP contribution in [0.1, 0.15) is 31.0 Å². The van der Waals surface area contributed by atoms with E-state index in [0.29, 0.717) is 16.6 Å². The standard InChI is InChI=1S/C22H26ClN5OS.ClH/c1-15-18(29-14-24-15)19-25-26-20(27(19)3)30-9-5-8-28-12-21(2)11-22(21,13-28)16-6-4-7-17(23)10-16;/h4,6-7,10,14H,5,8-9,11-13H2,1-3H3;1H. The van der Waals surface area contributed by atoms with Crippen LogP contribution in [0.25, 0.3) is 11.6 Å². The number of likely N-dealkylation sites (tertiary alicyclic amines) is 1. The summed E-state index contributed by atoms with van der Waals surface area (Å²) in [6.07, 6.45) is 3.84. The molecule has 2 atom stereocenters. The number of hydrogen-bond donors (Lipinski definition) is 0. The molecular weight excluding hydrogens is 453 g/mol. The normalized spacial score (nSPS) is 24.8.